The van der Waals surface area contributed by atoms with Gasteiger partial charge in [-0.1, -0.05) is 24.3 Å². The van der Waals surface area contributed by atoms with Gasteiger partial charge in [0.2, 0.25) is 6.41 Å². The summed E-state index contributed by atoms with van der Waals surface area (Å²) in [5, 5.41) is 0. The molecule has 0 saturated carbocycles. The lowest BCUT2D eigenvalue weighted by Crippen LogP contribution is -2.45. The Hall–Kier alpha value is -1.35. The second-order valence-corrected chi connectivity index (χ2v) is 3.32. The minimum atomic E-state index is -0.160. The van der Waals surface area contributed by atoms with E-state index >= 15 is 0 Å². The van der Waals surface area contributed by atoms with Crippen molar-refractivity contribution >= 4 is 6.41 Å². The summed E-state index contributed by atoms with van der Waals surface area (Å²) >= 11 is 0. The van der Waals surface area contributed by atoms with E-state index in [2.05, 4.69) is 6.07 Å². The van der Waals surface area contributed by atoms with Gasteiger partial charge in [-0.3, -0.25) is 4.79 Å². The lowest BCUT2D eigenvalue weighted by Gasteiger charge is -2.31. The summed E-state index contributed by atoms with van der Waals surface area (Å²) in [5.41, 5.74) is 8.26. The minimum Gasteiger partial charge on any atom is -0.325 e. The highest BCUT2D eigenvalue weighted by atomic mass is 16.1. The second-order valence-electron chi connectivity index (χ2n) is 3.32. The van der Waals surface area contributed by atoms with Crippen LogP contribution in [-0.4, -0.2) is 17.5 Å². The number of hydrogen-bond donors (Lipinski definition) is 1. The van der Waals surface area contributed by atoms with Crippen LogP contribution in [-0.2, 0) is 17.8 Å². The fraction of sp³-hybridized carbons (Fsp3) is 0.300. The van der Waals surface area contributed by atoms with Crippen molar-refractivity contribution in [3.05, 3.63) is 35.4 Å². The molecule has 0 saturated heterocycles. The van der Waals surface area contributed by atoms with Gasteiger partial charge in [0.1, 0.15) is 0 Å². The van der Waals surface area contributed by atoms with E-state index in [0.29, 0.717) is 6.54 Å². The monoisotopic (exact) mass is 176 g/mol. The van der Waals surface area contributed by atoms with Crippen molar-refractivity contribution in [2.24, 2.45) is 5.73 Å². The largest absolute Gasteiger partial charge is 0.325 e. The molecule has 0 radical (unpaired) electrons. The predicted molar refractivity (Wildman–Crippen MR) is 49.7 cm³/mol. The van der Waals surface area contributed by atoms with Crippen LogP contribution in [0.2, 0.25) is 0 Å². The molecule has 1 unspecified atom stereocenters. The van der Waals surface area contributed by atoms with Crippen molar-refractivity contribution in [1.82, 2.24) is 4.90 Å². The Kier molecular flexibility index (Phi) is 2.02. The number of nitrogens with two attached hydrogens (primary N) is 1. The van der Waals surface area contributed by atoms with E-state index in [1.54, 1.807) is 4.90 Å². The number of rotatable bonds is 1. The molecule has 13 heavy (non-hydrogen) atoms. The number of amides is 1. The number of fused-ring (bicyclic) bond motifs is 1. The zero-order chi connectivity index (χ0) is 9.26. The van der Waals surface area contributed by atoms with Crippen molar-refractivity contribution in [1.29, 1.82) is 0 Å². The predicted octanol–water partition coefficient (Wildman–Crippen LogP) is 0.486. The Bertz CT molecular complexity index is 324. The van der Waals surface area contributed by atoms with Crippen molar-refractivity contribution in [3.63, 3.8) is 0 Å². The number of nitrogens with zero attached hydrogens (tertiary/aromatic N) is 1. The van der Waals surface area contributed by atoms with E-state index in [0.717, 1.165) is 12.8 Å². The Morgan fingerprint density at radius 1 is 1.38 bits per heavy atom. The van der Waals surface area contributed by atoms with E-state index in [1.807, 2.05) is 18.2 Å². The minimum absolute atomic E-state index is 0.160. The van der Waals surface area contributed by atoms with Gasteiger partial charge in [-0.25, -0.2) is 0 Å². The molecule has 0 aromatic heterocycles. The summed E-state index contributed by atoms with van der Waals surface area (Å²) < 4.78 is 0. The Morgan fingerprint density at radius 3 is 2.77 bits per heavy atom. The van der Waals surface area contributed by atoms with E-state index in [9.17, 15) is 4.79 Å². The van der Waals surface area contributed by atoms with Crippen LogP contribution < -0.4 is 5.73 Å². The molecule has 68 valence electrons. The molecule has 0 bridgehead atoms. The van der Waals surface area contributed by atoms with Gasteiger partial charge in [0.15, 0.2) is 0 Å². The normalized spacial score (nSPS) is 21.0. The molecule has 2 N–H and O–H groups in total. The smallest absolute Gasteiger partial charge is 0.211 e. The van der Waals surface area contributed by atoms with Crippen molar-refractivity contribution in [3.8, 4) is 0 Å². The molecule has 3 heteroatoms. The van der Waals surface area contributed by atoms with Crippen LogP contribution in [0.1, 0.15) is 11.1 Å². The molecule has 1 aliphatic rings. The summed E-state index contributed by atoms with van der Waals surface area (Å²) in [5.74, 6) is 0. The van der Waals surface area contributed by atoms with Crippen LogP contribution in [0.5, 0.6) is 0 Å². The van der Waals surface area contributed by atoms with Gasteiger partial charge < -0.3 is 10.6 Å². The van der Waals surface area contributed by atoms with Crippen LogP contribution >= 0.6 is 0 Å². The van der Waals surface area contributed by atoms with Crippen molar-refractivity contribution < 1.29 is 4.79 Å². The zero-order valence-electron chi connectivity index (χ0n) is 7.31. The van der Waals surface area contributed by atoms with E-state index in [-0.39, 0.29) is 6.17 Å². The van der Waals surface area contributed by atoms with Crippen LogP contribution in [0.3, 0.4) is 0 Å². The topological polar surface area (TPSA) is 46.3 Å². The van der Waals surface area contributed by atoms with Gasteiger partial charge in [-0.2, -0.15) is 0 Å². The van der Waals surface area contributed by atoms with Gasteiger partial charge in [0.05, 0.1) is 6.17 Å². The average Bonchev–Trinajstić information content (AvgIpc) is 2.17. The fourth-order valence-electron chi connectivity index (χ4n) is 1.68. The molecule has 1 amide bonds. The van der Waals surface area contributed by atoms with E-state index < -0.39 is 0 Å². The standard InChI is InChI=1S/C10H12N2O/c11-10-5-8-3-1-2-4-9(8)6-12(10)7-13/h1-4,7,10H,5-6,11H2. The summed E-state index contributed by atoms with van der Waals surface area (Å²) in [6.07, 6.45) is 1.42. The quantitative estimate of drug-likeness (QED) is 0.633. The first kappa shape index (κ1) is 8.26. The van der Waals surface area contributed by atoms with Gasteiger partial charge in [-0.05, 0) is 11.1 Å². The van der Waals surface area contributed by atoms with Crippen molar-refractivity contribution in [2.45, 2.75) is 19.1 Å². The highest BCUT2D eigenvalue weighted by molar-refractivity contribution is 5.50. The first-order valence-corrected chi connectivity index (χ1v) is 4.34. The summed E-state index contributed by atoms with van der Waals surface area (Å²) in [7, 11) is 0. The Morgan fingerprint density at radius 2 is 2.08 bits per heavy atom. The summed E-state index contributed by atoms with van der Waals surface area (Å²) in [4.78, 5) is 12.3. The Balaban J connectivity index is 2.32. The third kappa shape index (κ3) is 1.42. The highest BCUT2D eigenvalue weighted by Crippen LogP contribution is 2.19. The van der Waals surface area contributed by atoms with Gasteiger partial charge in [-0.15, -0.1) is 0 Å². The maximum absolute atomic E-state index is 10.6. The van der Waals surface area contributed by atoms with Crippen LogP contribution in [0.15, 0.2) is 24.3 Å². The highest BCUT2D eigenvalue weighted by Gasteiger charge is 2.20. The van der Waals surface area contributed by atoms with Crippen LogP contribution in [0.4, 0.5) is 0 Å². The molecule has 0 aliphatic carbocycles. The molecule has 1 atom stereocenters. The molecular weight excluding hydrogens is 164 g/mol. The molecule has 1 aromatic carbocycles. The van der Waals surface area contributed by atoms with E-state index in [4.69, 9.17) is 5.73 Å². The summed E-state index contributed by atoms with van der Waals surface area (Å²) in [6, 6.07) is 8.09. The summed E-state index contributed by atoms with van der Waals surface area (Å²) in [6.45, 7) is 0.640. The molecular formula is C10H12N2O. The number of carbonyl (C=O) groups excluding carboxylic acids is 1. The molecule has 0 spiro atoms. The molecule has 2 rings (SSSR count). The SMILES string of the molecule is NC1Cc2ccccc2CN1C=O. The number of benzene rings is 1. The van der Waals surface area contributed by atoms with Gasteiger partial charge in [0.25, 0.3) is 0 Å². The zero-order valence-corrected chi connectivity index (χ0v) is 7.31. The molecule has 1 aromatic rings. The maximum atomic E-state index is 10.6. The lowest BCUT2D eigenvalue weighted by molar-refractivity contribution is -0.121. The van der Waals surface area contributed by atoms with Crippen molar-refractivity contribution in [2.75, 3.05) is 0 Å². The van der Waals surface area contributed by atoms with Gasteiger partial charge >= 0.3 is 0 Å². The fourth-order valence-corrected chi connectivity index (χ4v) is 1.68. The number of hydrogen-bond acceptors (Lipinski definition) is 2. The first-order chi connectivity index (χ1) is 6.31. The van der Waals surface area contributed by atoms with E-state index in [1.165, 1.54) is 11.1 Å². The third-order valence-corrected chi connectivity index (χ3v) is 2.46. The maximum Gasteiger partial charge on any atom is 0.211 e. The first-order valence-electron chi connectivity index (χ1n) is 4.34. The van der Waals surface area contributed by atoms with Crippen LogP contribution in [0.25, 0.3) is 0 Å². The molecule has 3 nitrogen and oxygen atoms in total. The molecule has 0 fully saturated rings. The number of carbonyl (C=O) groups is 1. The molecule has 1 heterocycles. The lowest BCUT2D eigenvalue weighted by atomic mass is 9.98. The van der Waals surface area contributed by atoms with Gasteiger partial charge in [0, 0.05) is 13.0 Å². The third-order valence-electron chi connectivity index (χ3n) is 2.46. The Labute approximate surface area is 77.1 Å². The van der Waals surface area contributed by atoms with Crippen LogP contribution in [0, 0.1) is 0 Å². The average molecular weight is 176 g/mol. The molecule has 1 aliphatic heterocycles. The second kappa shape index (κ2) is 3.18.